The number of aryl methyl sites for hydroxylation is 1. The van der Waals surface area contributed by atoms with Gasteiger partial charge in [-0.2, -0.15) is 4.98 Å². The Bertz CT molecular complexity index is 262. The molecule has 74 valence electrons. The van der Waals surface area contributed by atoms with Gasteiger partial charge < -0.3 is 4.42 Å². The minimum Gasteiger partial charge on any atom is -0.432 e. The van der Waals surface area contributed by atoms with E-state index in [1.165, 1.54) is 19.3 Å². The zero-order valence-corrected chi connectivity index (χ0v) is 9.99. The summed E-state index contributed by atoms with van der Waals surface area (Å²) in [5, 5.41) is 0.220. The molecule has 0 bridgehead atoms. The zero-order chi connectivity index (χ0) is 9.68. The maximum absolute atomic E-state index is 5.60. The lowest BCUT2D eigenvalue weighted by Crippen LogP contribution is -1.83. The van der Waals surface area contributed by atoms with Crippen molar-refractivity contribution in [3.05, 3.63) is 15.7 Å². The Kier molecular flexibility index (Phi) is 4.81. The number of nitrogens with zero attached hydrogens (tertiary/aromatic N) is 1. The molecular weight excluding hydrogens is 253 g/mol. The fourth-order valence-electron chi connectivity index (χ4n) is 1.17. The van der Waals surface area contributed by atoms with Crippen molar-refractivity contribution in [1.29, 1.82) is 0 Å². The van der Waals surface area contributed by atoms with E-state index in [1.54, 1.807) is 0 Å². The maximum atomic E-state index is 5.60. The molecule has 0 atom stereocenters. The number of oxazole rings is 1. The second-order valence-electron chi connectivity index (χ2n) is 2.99. The summed E-state index contributed by atoms with van der Waals surface area (Å²) in [5.41, 5.74) is 0. The Morgan fingerprint density at radius 3 is 2.69 bits per heavy atom. The average Bonchev–Trinajstić information content (AvgIpc) is 2.39. The topological polar surface area (TPSA) is 26.0 Å². The third-order valence-corrected chi connectivity index (χ3v) is 2.66. The molecule has 0 spiro atoms. The van der Waals surface area contributed by atoms with Gasteiger partial charge in [0, 0.05) is 6.42 Å². The number of hydrogen-bond donors (Lipinski definition) is 0. The molecule has 1 heterocycles. The number of unbranched alkanes of at least 4 members (excludes halogenated alkanes) is 3. The quantitative estimate of drug-likeness (QED) is 0.746. The van der Waals surface area contributed by atoms with Crippen LogP contribution in [0.3, 0.4) is 0 Å². The molecule has 0 N–H and O–H groups in total. The number of hydrogen-bond acceptors (Lipinski definition) is 2. The molecule has 1 aromatic heterocycles. The molecule has 0 saturated heterocycles. The lowest BCUT2D eigenvalue weighted by Gasteiger charge is -1.96. The van der Waals surface area contributed by atoms with E-state index in [1.807, 2.05) is 0 Å². The molecule has 0 fully saturated rings. The minimum absolute atomic E-state index is 0.220. The Balaban J connectivity index is 2.32. The van der Waals surface area contributed by atoms with Crippen LogP contribution < -0.4 is 0 Å². The van der Waals surface area contributed by atoms with E-state index >= 15 is 0 Å². The van der Waals surface area contributed by atoms with Gasteiger partial charge in [-0.3, -0.25) is 0 Å². The molecule has 13 heavy (non-hydrogen) atoms. The second kappa shape index (κ2) is 5.66. The van der Waals surface area contributed by atoms with Gasteiger partial charge in [-0.15, -0.1) is 0 Å². The molecule has 4 heteroatoms. The van der Waals surface area contributed by atoms with Gasteiger partial charge in [0.1, 0.15) is 10.4 Å². The van der Waals surface area contributed by atoms with Crippen LogP contribution in [0.5, 0.6) is 0 Å². The molecular formula is C9H13BrClNO. The van der Waals surface area contributed by atoms with Crippen LogP contribution in [-0.4, -0.2) is 4.98 Å². The fourth-order valence-corrected chi connectivity index (χ4v) is 1.89. The van der Waals surface area contributed by atoms with Crippen LogP contribution in [0.4, 0.5) is 0 Å². The van der Waals surface area contributed by atoms with Crippen molar-refractivity contribution in [2.24, 2.45) is 0 Å². The predicted molar refractivity (Wildman–Crippen MR) is 57.1 cm³/mol. The van der Waals surface area contributed by atoms with Crippen molar-refractivity contribution in [3.8, 4) is 0 Å². The largest absolute Gasteiger partial charge is 0.432 e. The van der Waals surface area contributed by atoms with Crippen molar-refractivity contribution in [2.45, 2.75) is 39.0 Å². The predicted octanol–water partition coefficient (Wildman–Crippen LogP) is 4.21. The van der Waals surface area contributed by atoms with E-state index in [-0.39, 0.29) is 5.35 Å². The first-order chi connectivity index (χ1) is 6.24. The van der Waals surface area contributed by atoms with Crippen molar-refractivity contribution in [3.63, 3.8) is 0 Å². The fraction of sp³-hybridized carbons (Fsp3) is 0.667. The van der Waals surface area contributed by atoms with E-state index in [0.29, 0.717) is 0 Å². The Hall–Kier alpha value is -0.0200. The third kappa shape index (κ3) is 3.69. The van der Waals surface area contributed by atoms with Gasteiger partial charge in [0.15, 0.2) is 0 Å². The highest BCUT2D eigenvalue weighted by molar-refractivity contribution is 9.10. The van der Waals surface area contributed by atoms with Crippen LogP contribution in [0.1, 0.15) is 38.4 Å². The highest BCUT2D eigenvalue weighted by Crippen LogP contribution is 2.22. The molecule has 0 unspecified atom stereocenters. The molecule has 1 aromatic rings. The lowest BCUT2D eigenvalue weighted by atomic mass is 10.1. The minimum atomic E-state index is 0.220. The highest BCUT2D eigenvalue weighted by Gasteiger charge is 2.08. The number of halogens is 2. The van der Waals surface area contributed by atoms with Gasteiger partial charge in [-0.1, -0.05) is 26.2 Å². The summed E-state index contributed by atoms with van der Waals surface area (Å²) < 4.78 is 5.95. The summed E-state index contributed by atoms with van der Waals surface area (Å²) in [4.78, 5) is 3.93. The molecule has 0 aliphatic carbocycles. The van der Waals surface area contributed by atoms with Crippen LogP contribution in [0.15, 0.2) is 9.02 Å². The monoisotopic (exact) mass is 265 g/mol. The van der Waals surface area contributed by atoms with Gasteiger partial charge in [-0.25, -0.2) is 0 Å². The Labute approximate surface area is 91.8 Å². The molecule has 0 radical (unpaired) electrons. The van der Waals surface area contributed by atoms with E-state index in [9.17, 15) is 0 Å². The van der Waals surface area contributed by atoms with Gasteiger partial charge in [0.25, 0.3) is 5.35 Å². The summed E-state index contributed by atoms with van der Waals surface area (Å²) in [7, 11) is 0. The van der Waals surface area contributed by atoms with E-state index in [4.69, 9.17) is 16.0 Å². The van der Waals surface area contributed by atoms with E-state index < -0.39 is 0 Å². The average molecular weight is 267 g/mol. The Morgan fingerprint density at radius 1 is 1.38 bits per heavy atom. The zero-order valence-electron chi connectivity index (χ0n) is 7.65. The van der Waals surface area contributed by atoms with E-state index in [2.05, 4.69) is 27.8 Å². The van der Waals surface area contributed by atoms with Crippen LogP contribution in [-0.2, 0) is 6.42 Å². The standard InChI is InChI=1S/C9H13BrClNO/c1-2-3-4-5-6-7-8(10)12-9(11)13-7/h2-6H2,1H3. The summed E-state index contributed by atoms with van der Waals surface area (Å²) in [6, 6.07) is 0. The van der Waals surface area contributed by atoms with Crippen LogP contribution in [0.2, 0.25) is 5.35 Å². The normalized spacial score (nSPS) is 10.7. The van der Waals surface area contributed by atoms with Crippen molar-refractivity contribution in [2.75, 3.05) is 0 Å². The highest BCUT2D eigenvalue weighted by atomic mass is 79.9. The van der Waals surface area contributed by atoms with Crippen molar-refractivity contribution < 1.29 is 4.42 Å². The second-order valence-corrected chi connectivity index (χ2v) is 4.07. The van der Waals surface area contributed by atoms with Crippen LogP contribution >= 0.6 is 27.5 Å². The van der Waals surface area contributed by atoms with Gasteiger partial charge in [-0.05, 0) is 34.0 Å². The molecule has 1 rings (SSSR count). The van der Waals surface area contributed by atoms with Gasteiger partial charge in [0.2, 0.25) is 0 Å². The molecule has 0 aromatic carbocycles. The maximum Gasteiger partial charge on any atom is 0.293 e. The van der Waals surface area contributed by atoms with Crippen LogP contribution in [0.25, 0.3) is 0 Å². The third-order valence-electron chi connectivity index (χ3n) is 1.88. The molecule has 2 nitrogen and oxygen atoms in total. The van der Waals surface area contributed by atoms with E-state index in [0.717, 1.165) is 23.2 Å². The Morgan fingerprint density at radius 2 is 2.15 bits per heavy atom. The summed E-state index contributed by atoms with van der Waals surface area (Å²) >= 11 is 8.89. The summed E-state index contributed by atoms with van der Waals surface area (Å²) in [5.74, 6) is 0.862. The number of rotatable bonds is 5. The molecule has 0 amide bonds. The smallest absolute Gasteiger partial charge is 0.293 e. The first-order valence-electron chi connectivity index (χ1n) is 4.54. The van der Waals surface area contributed by atoms with Gasteiger partial charge >= 0.3 is 0 Å². The molecule has 0 saturated carbocycles. The first-order valence-corrected chi connectivity index (χ1v) is 5.72. The molecule has 0 aliphatic heterocycles. The van der Waals surface area contributed by atoms with Crippen molar-refractivity contribution >= 4 is 27.5 Å². The SMILES string of the molecule is CCCCCCc1oc(Cl)nc1Br. The lowest BCUT2D eigenvalue weighted by molar-refractivity contribution is 0.490. The number of aromatic nitrogens is 1. The summed E-state index contributed by atoms with van der Waals surface area (Å²) in [6.45, 7) is 2.20. The van der Waals surface area contributed by atoms with Crippen LogP contribution in [0, 0.1) is 0 Å². The first kappa shape index (κ1) is 11.1. The molecule has 0 aliphatic rings. The van der Waals surface area contributed by atoms with Crippen molar-refractivity contribution in [1.82, 2.24) is 4.98 Å². The van der Waals surface area contributed by atoms with Gasteiger partial charge in [0.05, 0.1) is 0 Å². The summed E-state index contributed by atoms with van der Waals surface area (Å²) in [6.07, 6.45) is 5.82.